The number of hydrogen-bond donors (Lipinski definition) is 1. The minimum absolute atomic E-state index is 0.323. The van der Waals surface area contributed by atoms with Crippen LogP contribution in [0.2, 0.25) is 0 Å². The molecule has 0 saturated heterocycles. The van der Waals surface area contributed by atoms with Crippen LogP contribution in [-0.4, -0.2) is 25.5 Å². The Morgan fingerprint density at radius 3 is 2.03 bits per heavy atom. The molecule has 0 fully saturated rings. The number of aryl methyl sites for hydroxylation is 1. The van der Waals surface area contributed by atoms with Crippen molar-refractivity contribution in [2.24, 2.45) is 5.73 Å². The van der Waals surface area contributed by atoms with Gasteiger partial charge in [-0.2, -0.15) is 8.42 Å². The molecule has 1 amide bonds. The summed E-state index contributed by atoms with van der Waals surface area (Å²) in [6.45, 7) is 15.9. The lowest BCUT2D eigenvalue weighted by molar-refractivity contribution is 0.212. The molecule has 7 nitrogen and oxygen atoms in total. The van der Waals surface area contributed by atoms with Gasteiger partial charge in [0.05, 0.1) is 11.7 Å². The third-order valence-corrected chi connectivity index (χ3v) is 6.55. The monoisotopic (exact) mass is 461 g/mol. The number of primary amides is 1. The van der Waals surface area contributed by atoms with Gasteiger partial charge >= 0.3 is 16.4 Å². The smallest absolute Gasteiger partial charge is 0.334 e. The summed E-state index contributed by atoms with van der Waals surface area (Å²) in [5.41, 5.74) is 8.31. The van der Waals surface area contributed by atoms with E-state index in [9.17, 15) is 13.2 Å². The zero-order chi connectivity index (χ0) is 24.5. The van der Waals surface area contributed by atoms with Crippen LogP contribution >= 0.6 is 0 Å². The first kappa shape index (κ1) is 25.6. The van der Waals surface area contributed by atoms with Gasteiger partial charge in [0.2, 0.25) is 0 Å². The van der Waals surface area contributed by atoms with E-state index in [-0.39, 0.29) is 10.8 Å². The van der Waals surface area contributed by atoms with Crippen LogP contribution in [0.4, 0.5) is 10.5 Å². The van der Waals surface area contributed by atoms with Gasteiger partial charge < -0.3 is 9.92 Å². The molecule has 0 aliphatic rings. The van der Waals surface area contributed by atoms with Gasteiger partial charge in [0.15, 0.2) is 0 Å². The Bertz CT molecular complexity index is 1030. The molecule has 176 valence electrons. The largest absolute Gasteiger partial charge is 0.421 e. The summed E-state index contributed by atoms with van der Waals surface area (Å²) in [6, 6.07) is 8.87. The van der Waals surface area contributed by atoms with Crippen LogP contribution in [0.15, 0.2) is 36.5 Å². The van der Waals surface area contributed by atoms with E-state index in [0.29, 0.717) is 12.1 Å². The van der Waals surface area contributed by atoms with E-state index in [1.54, 1.807) is 19.2 Å². The van der Waals surface area contributed by atoms with Gasteiger partial charge in [-0.25, -0.2) is 9.10 Å². The Labute approximate surface area is 192 Å². The fourth-order valence-corrected chi connectivity index (χ4v) is 4.98. The molecule has 1 atom stereocenters. The first-order valence-electron chi connectivity index (χ1n) is 10.6. The van der Waals surface area contributed by atoms with Crippen molar-refractivity contribution in [3.05, 3.63) is 58.9 Å². The van der Waals surface area contributed by atoms with Gasteiger partial charge in [-0.1, -0.05) is 65.3 Å². The number of pyridine rings is 1. The van der Waals surface area contributed by atoms with Crippen LogP contribution in [0.3, 0.4) is 0 Å². The second-order valence-corrected chi connectivity index (χ2v) is 11.7. The number of benzene rings is 1. The number of rotatable bonds is 6. The Morgan fingerprint density at radius 1 is 1.09 bits per heavy atom. The Balaban J connectivity index is 2.88. The van der Waals surface area contributed by atoms with Crippen molar-refractivity contribution in [1.29, 1.82) is 0 Å². The maximum absolute atomic E-state index is 13.4. The number of hydrogen-bond acceptors (Lipinski definition) is 5. The lowest BCUT2D eigenvalue weighted by Gasteiger charge is -2.38. The molecule has 0 radical (unpaired) electrons. The normalized spacial score (nSPS) is 13.5. The fraction of sp³-hybridized carbons (Fsp3) is 0.500. The van der Waals surface area contributed by atoms with Gasteiger partial charge in [-0.15, -0.1) is 0 Å². The minimum atomic E-state index is -4.54. The Morgan fingerprint density at radius 2 is 1.62 bits per heavy atom. The molecule has 1 heterocycles. The highest BCUT2D eigenvalue weighted by atomic mass is 32.2. The van der Waals surface area contributed by atoms with E-state index in [0.717, 1.165) is 22.4 Å². The molecular formula is C24H35N3O4S. The molecule has 8 heteroatoms. The Hall–Kier alpha value is -2.61. The zero-order valence-electron chi connectivity index (χ0n) is 20.3. The molecule has 0 spiro atoms. The molecule has 1 aromatic heterocycles. The van der Waals surface area contributed by atoms with E-state index < -0.39 is 22.4 Å². The van der Waals surface area contributed by atoms with Crippen molar-refractivity contribution in [2.45, 2.75) is 78.7 Å². The van der Waals surface area contributed by atoms with Crippen molar-refractivity contribution in [2.75, 3.05) is 4.31 Å². The Kier molecular flexibility index (Phi) is 7.29. The van der Waals surface area contributed by atoms with Gasteiger partial charge in [0.25, 0.3) is 0 Å². The molecule has 0 bridgehead atoms. The van der Waals surface area contributed by atoms with E-state index in [1.807, 2.05) is 72.7 Å². The molecule has 0 aliphatic carbocycles. The predicted molar refractivity (Wildman–Crippen MR) is 128 cm³/mol. The topological polar surface area (TPSA) is 103 Å². The molecule has 2 aromatic rings. The quantitative estimate of drug-likeness (QED) is 0.668. The van der Waals surface area contributed by atoms with Crippen LogP contribution in [-0.2, 0) is 31.7 Å². The minimum Gasteiger partial charge on any atom is -0.334 e. The highest BCUT2D eigenvalue weighted by Crippen LogP contribution is 2.43. The van der Waals surface area contributed by atoms with Crippen molar-refractivity contribution in [3.8, 4) is 0 Å². The summed E-state index contributed by atoms with van der Waals surface area (Å²) in [5, 5.41) is 0. The van der Waals surface area contributed by atoms with Crippen molar-refractivity contribution in [3.63, 3.8) is 0 Å². The highest BCUT2D eigenvalue weighted by molar-refractivity contribution is 7.88. The van der Waals surface area contributed by atoms with Crippen LogP contribution in [0.25, 0.3) is 0 Å². The maximum atomic E-state index is 13.4. The lowest BCUT2D eigenvalue weighted by atomic mass is 9.77. The van der Waals surface area contributed by atoms with E-state index in [4.69, 9.17) is 9.92 Å². The van der Waals surface area contributed by atoms with Gasteiger partial charge in [-0.3, -0.25) is 4.98 Å². The second-order valence-electron chi connectivity index (χ2n) is 10.2. The third-order valence-electron chi connectivity index (χ3n) is 5.15. The standard InChI is InChI=1S/C24H35N3O4S/c1-16-13-19(23(3,4)5)21(20(14-16)24(6,7)8)27(32(29,30)31-22(25)28)17(2)15-18-11-9-10-12-26-18/h9-14,17H,15H2,1-8H3,(H2,25,28). The van der Waals surface area contributed by atoms with Crippen LogP contribution < -0.4 is 10.0 Å². The number of anilines is 1. The molecule has 2 N–H and O–H groups in total. The third kappa shape index (κ3) is 6.00. The molecule has 2 rings (SSSR count). The average Bonchev–Trinajstić information content (AvgIpc) is 2.60. The zero-order valence-corrected chi connectivity index (χ0v) is 21.1. The van der Waals surface area contributed by atoms with Crippen LogP contribution in [0, 0.1) is 6.92 Å². The average molecular weight is 462 g/mol. The summed E-state index contributed by atoms with van der Waals surface area (Å²) >= 11 is 0. The number of aromatic nitrogens is 1. The molecule has 1 aromatic carbocycles. The summed E-state index contributed by atoms with van der Waals surface area (Å²) in [7, 11) is -4.54. The summed E-state index contributed by atoms with van der Waals surface area (Å²) in [4.78, 5) is 15.9. The number of carbonyl (C=O) groups is 1. The fourth-order valence-electron chi connectivity index (χ4n) is 3.76. The molecule has 1 unspecified atom stereocenters. The van der Waals surface area contributed by atoms with Gasteiger partial charge in [0, 0.05) is 18.3 Å². The first-order valence-corrected chi connectivity index (χ1v) is 12.0. The van der Waals surface area contributed by atoms with Gasteiger partial charge in [-0.05, 0) is 47.9 Å². The molecule has 0 aliphatic heterocycles. The van der Waals surface area contributed by atoms with E-state index >= 15 is 0 Å². The number of carbonyl (C=O) groups excluding carboxylic acids is 1. The van der Waals surface area contributed by atoms with Gasteiger partial charge in [0.1, 0.15) is 0 Å². The first-order chi connectivity index (χ1) is 14.5. The summed E-state index contributed by atoms with van der Waals surface area (Å²) in [5.74, 6) is 0. The highest BCUT2D eigenvalue weighted by Gasteiger charge is 2.38. The van der Waals surface area contributed by atoms with Crippen molar-refractivity contribution in [1.82, 2.24) is 4.98 Å². The lowest BCUT2D eigenvalue weighted by Crippen LogP contribution is -2.45. The predicted octanol–water partition coefficient (Wildman–Crippen LogP) is 4.76. The molecule has 0 saturated carbocycles. The molecular weight excluding hydrogens is 426 g/mol. The summed E-state index contributed by atoms with van der Waals surface area (Å²) in [6.07, 6.45) is 0.610. The van der Waals surface area contributed by atoms with E-state index in [2.05, 4.69) is 4.98 Å². The van der Waals surface area contributed by atoms with E-state index in [1.165, 1.54) is 4.31 Å². The molecule has 32 heavy (non-hydrogen) atoms. The SMILES string of the molecule is Cc1cc(C(C)(C)C)c(N(C(C)Cc2ccccn2)S(=O)(=O)OC(N)=O)c(C(C)(C)C)c1. The second kappa shape index (κ2) is 9.10. The number of nitrogens with zero attached hydrogens (tertiary/aromatic N) is 2. The van der Waals surface area contributed by atoms with Crippen molar-refractivity contribution < 1.29 is 17.4 Å². The van der Waals surface area contributed by atoms with Crippen molar-refractivity contribution >= 4 is 22.1 Å². The van der Waals surface area contributed by atoms with Crippen LogP contribution in [0.1, 0.15) is 70.9 Å². The van der Waals surface area contributed by atoms with Crippen LogP contribution in [0.5, 0.6) is 0 Å². The maximum Gasteiger partial charge on any atom is 0.421 e. The summed E-state index contributed by atoms with van der Waals surface area (Å²) < 4.78 is 32.7. The number of amides is 1. The number of nitrogens with two attached hydrogens (primary N) is 1.